The summed E-state index contributed by atoms with van der Waals surface area (Å²) in [7, 11) is 0. The van der Waals surface area contributed by atoms with Crippen molar-refractivity contribution in [2.24, 2.45) is 0 Å². The zero-order valence-corrected chi connectivity index (χ0v) is 14.6. The molecule has 0 aliphatic carbocycles. The normalized spacial score (nSPS) is 17.4. The van der Waals surface area contributed by atoms with Gasteiger partial charge in [-0.1, -0.05) is 0 Å². The Hall–Kier alpha value is -2.81. The molecule has 1 aliphatic rings. The maximum Gasteiger partial charge on any atom is 0.272 e. The first kappa shape index (κ1) is 17.6. The summed E-state index contributed by atoms with van der Waals surface area (Å²) in [4.78, 5) is 13.2. The Morgan fingerprint density at radius 2 is 2.26 bits per heavy atom. The van der Waals surface area contributed by atoms with Crippen molar-refractivity contribution in [3.8, 4) is 17.1 Å². The lowest BCUT2D eigenvalue weighted by Gasteiger charge is -2.23. The molecule has 1 aliphatic heterocycles. The van der Waals surface area contributed by atoms with Crippen LogP contribution in [0.2, 0.25) is 0 Å². The van der Waals surface area contributed by atoms with Crippen molar-refractivity contribution in [1.82, 2.24) is 24.7 Å². The fraction of sp³-hybridized carbons (Fsp3) is 0.389. The number of aromatic nitrogens is 4. The SMILES string of the molecule is FC(F)COc1ccn2c(-c3ccnc(NC4CCCNC4)n3)cnc2c1. The van der Waals surface area contributed by atoms with Gasteiger partial charge in [0, 0.05) is 31.0 Å². The molecule has 0 aromatic carbocycles. The monoisotopic (exact) mass is 374 g/mol. The van der Waals surface area contributed by atoms with E-state index >= 15 is 0 Å². The van der Waals surface area contributed by atoms with Gasteiger partial charge in [-0.3, -0.25) is 4.40 Å². The molecular formula is C18H20F2N6O. The molecule has 2 N–H and O–H groups in total. The highest BCUT2D eigenvalue weighted by molar-refractivity contribution is 5.61. The average molecular weight is 374 g/mol. The molecule has 3 aromatic rings. The summed E-state index contributed by atoms with van der Waals surface area (Å²) in [5.74, 6) is 0.933. The number of nitrogens with zero attached hydrogens (tertiary/aromatic N) is 4. The molecule has 1 saturated heterocycles. The number of imidazole rings is 1. The van der Waals surface area contributed by atoms with Gasteiger partial charge >= 0.3 is 0 Å². The smallest absolute Gasteiger partial charge is 0.272 e. The molecule has 4 heterocycles. The minimum atomic E-state index is -2.51. The van der Waals surface area contributed by atoms with E-state index in [9.17, 15) is 8.78 Å². The quantitative estimate of drug-likeness (QED) is 0.691. The first-order valence-electron chi connectivity index (χ1n) is 8.88. The van der Waals surface area contributed by atoms with Crippen LogP contribution in [-0.4, -0.2) is 51.5 Å². The highest BCUT2D eigenvalue weighted by Gasteiger charge is 2.15. The van der Waals surface area contributed by atoms with Crippen LogP contribution in [0.3, 0.4) is 0 Å². The molecule has 1 atom stereocenters. The highest BCUT2D eigenvalue weighted by atomic mass is 19.3. The molecule has 9 heteroatoms. The molecular weight excluding hydrogens is 354 g/mol. The second-order valence-electron chi connectivity index (χ2n) is 6.39. The minimum Gasteiger partial charge on any atom is -0.487 e. The Morgan fingerprint density at radius 3 is 3.07 bits per heavy atom. The van der Waals surface area contributed by atoms with E-state index in [-0.39, 0.29) is 0 Å². The lowest BCUT2D eigenvalue weighted by Crippen LogP contribution is -2.38. The van der Waals surface area contributed by atoms with Crippen LogP contribution in [0.15, 0.2) is 36.8 Å². The fourth-order valence-corrected chi connectivity index (χ4v) is 3.13. The van der Waals surface area contributed by atoms with Gasteiger partial charge in [-0.2, -0.15) is 0 Å². The molecule has 1 unspecified atom stereocenters. The van der Waals surface area contributed by atoms with E-state index in [0.717, 1.165) is 37.3 Å². The fourth-order valence-electron chi connectivity index (χ4n) is 3.13. The van der Waals surface area contributed by atoms with Crippen molar-refractivity contribution in [2.75, 3.05) is 25.0 Å². The summed E-state index contributed by atoms with van der Waals surface area (Å²) < 4.78 is 31.5. The van der Waals surface area contributed by atoms with E-state index in [1.54, 1.807) is 30.7 Å². The summed E-state index contributed by atoms with van der Waals surface area (Å²) in [5, 5.41) is 6.72. The predicted molar refractivity (Wildman–Crippen MR) is 97.2 cm³/mol. The van der Waals surface area contributed by atoms with Crippen molar-refractivity contribution in [2.45, 2.75) is 25.3 Å². The number of hydrogen-bond donors (Lipinski definition) is 2. The van der Waals surface area contributed by atoms with Crippen LogP contribution in [0.5, 0.6) is 5.75 Å². The number of hydrogen-bond acceptors (Lipinski definition) is 6. The van der Waals surface area contributed by atoms with Crippen LogP contribution in [-0.2, 0) is 0 Å². The van der Waals surface area contributed by atoms with E-state index in [4.69, 9.17) is 4.74 Å². The van der Waals surface area contributed by atoms with Crippen LogP contribution in [0.4, 0.5) is 14.7 Å². The summed E-state index contributed by atoms with van der Waals surface area (Å²) in [6, 6.07) is 5.38. The van der Waals surface area contributed by atoms with Gasteiger partial charge in [-0.25, -0.2) is 23.7 Å². The van der Waals surface area contributed by atoms with E-state index in [0.29, 0.717) is 23.4 Å². The number of ether oxygens (including phenoxy) is 1. The van der Waals surface area contributed by atoms with Crippen molar-refractivity contribution in [3.05, 3.63) is 36.8 Å². The summed E-state index contributed by atoms with van der Waals surface area (Å²) >= 11 is 0. The van der Waals surface area contributed by atoms with Gasteiger partial charge in [-0.15, -0.1) is 0 Å². The van der Waals surface area contributed by atoms with Crippen molar-refractivity contribution in [3.63, 3.8) is 0 Å². The molecule has 7 nitrogen and oxygen atoms in total. The van der Waals surface area contributed by atoms with Gasteiger partial charge in [-0.05, 0) is 31.5 Å². The number of halogens is 2. The Labute approximate surface area is 154 Å². The molecule has 4 rings (SSSR count). The van der Waals surface area contributed by atoms with E-state index < -0.39 is 13.0 Å². The van der Waals surface area contributed by atoms with Crippen molar-refractivity contribution < 1.29 is 13.5 Å². The van der Waals surface area contributed by atoms with Crippen LogP contribution in [0.25, 0.3) is 17.0 Å². The number of fused-ring (bicyclic) bond motifs is 1. The summed E-state index contributed by atoms with van der Waals surface area (Å²) in [5.41, 5.74) is 2.11. The Morgan fingerprint density at radius 1 is 1.33 bits per heavy atom. The summed E-state index contributed by atoms with van der Waals surface area (Å²) in [6.45, 7) is 1.30. The molecule has 0 bridgehead atoms. The average Bonchev–Trinajstić information content (AvgIpc) is 3.11. The lowest BCUT2D eigenvalue weighted by molar-refractivity contribution is 0.0819. The van der Waals surface area contributed by atoms with Crippen LogP contribution in [0.1, 0.15) is 12.8 Å². The zero-order chi connectivity index (χ0) is 18.6. The predicted octanol–water partition coefficient (Wildman–Crippen LogP) is 2.60. The number of alkyl halides is 2. The van der Waals surface area contributed by atoms with Gasteiger partial charge in [0.1, 0.15) is 18.0 Å². The first-order valence-corrected chi connectivity index (χ1v) is 8.88. The lowest BCUT2D eigenvalue weighted by atomic mass is 10.1. The molecule has 1 fully saturated rings. The minimum absolute atomic E-state index is 0.311. The van der Waals surface area contributed by atoms with Crippen molar-refractivity contribution in [1.29, 1.82) is 0 Å². The second kappa shape index (κ2) is 7.83. The number of piperidine rings is 1. The largest absolute Gasteiger partial charge is 0.487 e. The standard InChI is InChI=1S/C18H20F2N6O/c19-16(20)11-27-13-4-7-26-15(10-23-17(26)8-13)14-3-6-22-18(25-14)24-12-2-1-5-21-9-12/h3-4,6-8,10,12,16,21H,1-2,5,9,11H2,(H,22,24,25). The number of nitrogens with one attached hydrogen (secondary N) is 2. The summed E-state index contributed by atoms with van der Waals surface area (Å²) in [6.07, 6.45) is 4.83. The Kier molecular flexibility index (Phi) is 5.10. The Balaban J connectivity index is 1.55. The number of anilines is 1. The topological polar surface area (TPSA) is 76.4 Å². The second-order valence-corrected chi connectivity index (χ2v) is 6.39. The molecule has 0 amide bonds. The van der Waals surface area contributed by atoms with E-state index in [1.807, 2.05) is 10.5 Å². The van der Waals surface area contributed by atoms with Gasteiger partial charge < -0.3 is 15.4 Å². The molecule has 0 spiro atoms. The molecule has 0 radical (unpaired) electrons. The molecule has 142 valence electrons. The third-order valence-corrected chi connectivity index (χ3v) is 4.41. The number of pyridine rings is 1. The zero-order valence-electron chi connectivity index (χ0n) is 14.6. The van der Waals surface area contributed by atoms with E-state index in [2.05, 4.69) is 25.6 Å². The maximum absolute atomic E-state index is 12.3. The van der Waals surface area contributed by atoms with Crippen LogP contribution >= 0.6 is 0 Å². The van der Waals surface area contributed by atoms with E-state index in [1.165, 1.54) is 0 Å². The highest BCUT2D eigenvalue weighted by Crippen LogP contribution is 2.23. The first-order chi connectivity index (χ1) is 13.2. The molecule has 0 saturated carbocycles. The third kappa shape index (κ3) is 4.13. The molecule has 3 aromatic heterocycles. The maximum atomic E-state index is 12.3. The van der Waals surface area contributed by atoms with Crippen LogP contribution in [0, 0.1) is 0 Å². The van der Waals surface area contributed by atoms with Crippen LogP contribution < -0.4 is 15.4 Å². The van der Waals surface area contributed by atoms with Crippen molar-refractivity contribution >= 4 is 11.6 Å². The van der Waals surface area contributed by atoms with Gasteiger partial charge in [0.2, 0.25) is 5.95 Å². The van der Waals surface area contributed by atoms with Gasteiger partial charge in [0.25, 0.3) is 6.43 Å². The van der Waals surface area contributed by atoms with Gasteiger partial charge in [0.15, 0.2) is 0 Å². The number of rotatable bonds is 6. The molecule has 27 heavy (non-hydrogen) atoms. The van der Waals surface area contributed by atoms with Gasteiger partial charge in [0.05, 0.1) is 17.6 Å². The third-order valence-electron chi connectivity index (χ3n) is 4.41. The Bertz CT molecular complexity index is 910.